The number of likely N-dealkylation sites (tertiary alicyclic amines) is 1. The van der Waals surface area contributed by atoms with Crippen molar-refractivity contribution < 1.29 is 18.7 Å². The van der Waals surface area contributed by atoms with E-state index < -0.39 is 0 Å². The van der Waals surface area contributed by atoms with Crippen LogP contribution in [0, 0.1) is 0 Å². The normalized spacial score (nSPS) is 21.7. The number of methoxy groups -OCH3 is 1. The molecule has 0 unspecified atom stereocenters. The molecule has 2 saturated heterocycles. The fourth-order valence-electron chi connectivity index (χ4n) is 4.30. The molecule has 2 aromatic rings. The van der Waals surface area contributed by atoms with E-state index >= 15 is 0 Å². The van der Waals surface area contributed by atoms with Crippen LogP contribution in [0.2, 0.25) is 0 Å². The molecule has 2 aliphatic heterocycles. The fourth-order valence-corrected chi connectivity index (χ4v) is 4.30. The lowest BCUT2D eigenvalue weighted by molar-refractivity contribution is -0.0765. The number of para-hydroxylation sites is 1. The summed E-state index contributed by atoms with van der Waals surface area (Å²) >= 11 is 0. The number of rotatable bonds is 6. The highest BCUT2D eigenvalue weighted by Crippen LogP contribution is 2.39. The predicted octanol–water partition coefficient (Wildman–Crippen LogP) is 3.23. The molecule has 0 bridgehead atoms. The van der Waals surface area contributed by atoms with Gasteiger partial charge in [-0.25, -0.2) is 0 Å². The van der Waals surface area contributed by atoms with Gasteiger partial charge in [-0.1, -0.05) is 18.2 Å². The molecule has 1 N–H and O–H groups in total. The van der Waals surface area contributed by atoms with Gasteiger partial charge < -0.3 is 19.2 Å². The van der Waals surface area contributed by atoms with E-state index in [1.165, 1.54) is 18.1 Å². The highest BCUT2D eigenvalue weighted by atomic mass is 16.5. The molecule has 1 amide bonds. The van der Waals surface area contributed by atoms with Gasteiger partial charge in [0, 0.05) is 31.7 Å². The first kappa shape index (κ1) is 19.0. The lowest BCUT2D eigenvalue weighted by Gasteiger charge is -2.39. The third-order valence-corrected chi connectivity index (χ3v) is 5.97. The number of benzene rings is 1. The van der Waals surface area contributed by atoms with Crippen molar-refractivity contribution in [1.29, 1.82) is 0 Å². The summed E-state index contributed by atoms with van der Waals surface area (Å²) < 4.78 is 16.8. The van der Waals surface area contributed by atoms with Crippen molar-refractivity contribution in [2.45, 2.75) is 43.9 Å². The number of ether oxygens (including phenoxy) is 2. The Bertz CT molecular complexity index is 782. The summed E-state index contributed by atoms with van der Waals surface area (Å²) in [5.74, 6) is 0.846. The largest absolute Gasteiger partial charge is 0.496 e. The van der Waals surface area contributed by atoms with Crippen LogP contribution in [-0.2, 0) is 11.3 Å². The van der Waals surface area contributed by atoms with Crippen molar-refractivity contribution in [3.05, 3.63) is 54.0 Å². The van der Waals surface area contributed by atoms with Crippen molar-refractivity contribution in [3.8, 4) is 5.75 Å². The van der Waals surface area contributed by atoms with Crippen LogP contribution >= 0.6 is 0 Å². The Labute approximate surface area is 165 Å². The van der Waals surface area contributed by atoms with Gasteiger partial charge in [0.2, 0.25) is 0 Å². The molecule has 1 aromatic heterocycles. The van der Waals surface area contributed by atoms with Gasteiger partial charge in [-0.2, -0.15) is 0 Å². The molecule has 2 aliphatic rings. The molecule has 6 nitrogen and oxygen atoms in total. The Balaban J connectivity index is 1.25. The van der Waals surface area contributed by atoms with Crippen LogP contribution < -0.4 is 10.1 Å². The molecule has 0 saturated carbocycles. The van der Waals surface area contributed by atoms with Gasteiger partial charge in [0.25, 0.3) is 5.91 Å². The topological polar surface area (TPSA) is 63.9 Å². The second kappa shape index (κ2) is 8.37. The molecule has 4 rings (SSSR count). The van der Waals surface area contributed by atoms with Crippen LogP contribution in [0.5, 0.6) is 5.75 Å². The minimum absolute atomic E-state index is 0.0255. The number of piperidine rings is 1. The highest BCUT2D eigenvalue weighted by Gasteiger charge is 2.42. The zero-order chi connectivity index (χ0) is 19.4. The Morgan fingerprint density at radius 1 is 1.25 bits per heavy atom. The maximum Gasteiger partial charge on any atom is 0.254 e. The summed E-state index contributed by atoms with van der Waals surface area (Å²) in [4.78, 5) is 14.5. The van der Waals surface area contributed by atoms with E-state index in [-0.39, 0.29) is 17.6 Å². The first-order valence-electron chi connectivity index (χ1n) is 10.00. The van der Waals surface area contributed by atoms with Crippen LogP contribution in [0.3, 0.4) is 0 Å². The average molecular weight is 384 g/mol. The minimum atomic E-state index is -0.107. The smallest absolute Gasteiger partial charge is 0.254 e. The maximum absolute atomic E-state index is 12.1. The highest BCUT2D eigenvalue weighted by molar-refractivity contribution is 5.93. The lowest BCUT2D eigenvalue weighted by atomic mass is 9.88. The number of hydrogen-bond donors (Lipinski definition) is 1. The zero-order valence-corrected chi connectivity index (χ0v) is 16.4. The second-order valence-electron chi connectivity index (χ2n) is 7.77. The van der Waals surface area contributed by atoms with E-state index in [9.17, 15) is 4.79 Å². The summed E-state index contributed by atoms with van der Waals surface area (Å²) in [7, 11) is 1.72. The number of carbonyl (C=O) groups excluding carboxylic acids is 1. The second-order valence-corrected chi connectivity index (χ2v) is 7.77. The van der Waals surface area contributed by atoms with Crippen LogP contribution in [0.25, 0.3) is 0 Å². The first-order chi connectivity index (χ1) is 13.7. The molecule has 0 aliphatic carbocycles. The maximum atomic E-state index is 12.1. The molecule has 2 fully saturated rings. The molecule has 1 spiro atoms. The standard InChI is InChI=1S/C22H28N2O4/c1-26-20-5-3-2-4-17(20)15-24-11-9-22(10-12-24)8-6-19(28-22)14-23-21(25)18-7-13-27-16-18/h2-5,7,13,16,19H,6,8-12,14-15H2,1H3,(H,23,25)/t19-/m1/s1. The Morgan fingerprint density at radius 3 is 2.82 bits per heavy atom. The number of furan rings is 1. The number of amides is 1. The Hall–Kier alpha value is -2.31. The summed E-state index contributed by atoms with van der Waals surface area (Å²) in [6.07, 6.45) is 7.21. The van der Waals surface area contributed by atoms with Gasteiger partial charge in [-0.15, -0.1) is 0 Å². The number of carbonyl (C=O) groups is 1. The van der Waals surface area contributed by atoms with Gasteiger partial charge in [0.1, 0.15) is 12.0 Å². The lowest BCUT2D eigenvalue weighted by Crippen LogP contribution is -2.44. The first-order valence-corrected chi connectivity index (χ1v) is 10.00. The average Bonchev–Trinajstić information content (AvgIpc) is 3.39. The summed E-state index contributed by atoms with van der Waals surface area (Å²) in [6.45, 7) is 3.50. The number of nitrogens with zero attached hydrogens (tertiary/aromatic N) is 1. The van der Waals surface area contributed by atoms with E-state index in [2.05, 4.69) is 22.3 Å². The van der Waals surface area contributed by atoms with E-state index in [0.29, 0.717) is 12.1 Å². The van der Waals surface area contributed by atoms with Gasteiger partial charge in [0.15, 0.2) is 0 Å². The third-order valence-electron chi connectivity index (χ3n) is 5.97. The van der Waals surface area contributed by atoms with E-state index in [1.807, 2.05) is 12.1 Å². The number of hydrogen-bond acceptors (Lipinski definition) is 5. The monoisotopic (exact) mass is 384 g/mol. The molecular weight excluding hydrogens is 356 g/mol. The quantitative estimate of drug-likeness (QED) is 0.828. The molecule has 3 heterocycles. The molecule has 28 heavy (non-hydrogen) atoms. The van der Waals surface area contributed by atoms with Crippen LogP contribution in [-0.4, -0.2) is 49.3 Å². The molecule has 1 atom stereocenters. The SMILES string of the molecule is COc1ccccc1CN1CCC2(CC[C@H](CNC(=O)c3ccoc3)O2)CC1. The summed E-state index contributed by atoms with van der Waals surface area (Å²) in [5, 5.41) is 2.95. The van der Waals surface area contributed by atoms with Crippen molar-refractivity contribution in [2.24, 2.45) is 0 Å². The zero-order valence-electron chi connectivity index (χ0n) is 16.4. The molecule has 0 radical (unpaired) electrons. The van der Waals surface area contributed by atoms with Crippen LogP contribution in [0.4, 0.5) is 0 Å². The third kappa shape index (κ3) is 4.23. The van der Waals surface area contributed by atoms with Gasteiger partial charge in [-0.05, 0) is 37.8 Å². The van der Waals surface area contributed by atoms with E-state index in [4.69, 9.17) is 13.9 Å². The Morgan fingerprint density at radius 2 is 2.07 bits per heavy atom. The summed E-state index contributed by atoms with van der Waals surface area (Å²) in [6, 6.07) is 9.89. The van der Waals surface area contributed by atoms with E-state index in [1.54, 1.807) is 13.2 Å². The minimum Gasteiger partial charge on any atom is -0.496 e. The van der Waals surface area contributed by atoms with Gasteiger partial charge in [-0.3, -0.25) is 9.69 Å². The Kier molecular flexibility index (Phi) is 5.69. The predicted molar refractivity (Wildman–Crippen MR) is 105 cm³/mol. The van der Waals surface area contributed by atoms with Crippen molar-refractivity contribution in [3.63, 3.8) is 0 Å². The van der Waals surface area contributed by atoms with Gasteiger partial charge in [0.05, 0.1) is 30.6 Å². The molecule has 6 heteroatoms. The van der Waals surface area contributed by atoms with Crippen molar-refractivity contribution in [2.75, 3.05) is 26.7 Å². The van der Waals surface area contributed by atoms with Crippen molar-refractivity contribution >= 4 is 5.91 Å². The number of nitrogens with one attached hydrogen (secondary N) is 1. The van der Waals surface area contributed by atoms with Crippen molar-refractivity contribution in [1.82, 2.24) is 10.2 Å². The van der Waals surface area contributed by atoms with Crippen LogP contribution in [0.15, 0.2) is 47.3 Å². The van der Waals surface area contributed by atoms with Crippen LogP contribution in [0.1, 0.15) is 41.6 Å². The van der Waals surface area contributed by atoms with Gasteiger partial charge >= 0.3 is 0 Å². The molecule has 1 aromatic carbocycles. The fraction of sp³-hybridized carbons (Fsp3) is 0.500. The molecule has 150 valence electrons. The van der Waals surface area contributed by atoms with E-state index in [0.717, 1.165) is 51.1 Å². The summed E-state index contributed by atoms with van der Waals surface area (Å²) in [5.41, 5.74) is 1.76. The molecular formula is C22H28N2O4.